The predicted octanol–water partition coefficient (Wildman–Crippen LogP) is 0.548. The highest BCUT2D eigenvalue weighted by atomic mass is 15.4. The number of aryl methyl sites for hydroxylation is 1. The van der Waals surface area contributed by atoms with E-state index in [1.54, 1.807) is 23.2 Å². The molecule has 0 saturated carbocycles. The third-order valence-corrected chi connectivity index (χ3v) is 4.07. The van der Waals surface area contributed by atoms with Crippen molar-refractivity contribution in [2.45, 2.75) is 13.0 Å². The largest absolute Gasteiger partial charge is 0.352 e. The molecule has 0 unspecified atom stereocenters. The molecule has 1 aliphatic rings. The van der Waals surface area contributed by atoms with Gasteiger partial charge in [0.15, 0.2) is 5.65 Å². The molecular formula is C14H16N8. The lowest BCUT2D eigenvalue weighted by Crippen LogP contribution is -2.59. The Morgan fingerprint density at radius 3 is 2.82 bits per heavy atom. The molecule has 3 aromatic heterocycles. The highest BCUT2D eigenvalue weighted by Gasteiger charge is 2.32. The van der Waals surface area contributed by atoms with Crippen molar-refractivity contribution < 1.29 is 0 Å². The van der Waals surface area contributed by atoms with E-state index >= 15 is 0 Å². The van der Waals surface area contributed by atoms with Gasteiger partial charge in [0.05, 0.1) is 11.7 Å². The molecule has 0 radical (unpaired) electrons. The number of nitrogens with zero attached hydrogens (tertiary/aromatic N) is 8. The van der Waals surface area contributed by atoms with Gasteiger partial charge in [0.25, 0.3) is 0 Å². The molecule has 112 valence electrons. The van der Waals surface area contributed by atoms with E-state index in [0.717, 1.165) is 36.1 Å². The lowest BCUT2D eigenvalue weighted by Gasteiger charge is -2.45. The molecule has 1 aliphatic heterocycles. The highest BCUT2D eigenvalue weighted by molar-refractivity contribution is 5.51. The van der Waals surface area contributed by atoms with Crippen LogP contribution in [0.5, 0.6) is 0 Å². The summed E-state index contributed by atoms with van der Waals surface area (Å²) in [6, 6.07) is 4.32. The van der Waals surface area contributed by atoms with Gasteiger partial charge in [0.1, 0.15) is 18.0 Å². The van der Waals surface area contributed by atoms with Gasteiger partial charge in [-0.2, -0.15) is 4.52 Å². The van der Waals surface area contributed by atoms with Crippen LogP contribution in [-0.4, -0.2) is 56.0 Å². The average molecular weight is 296 g/mol. The molecule has 1 saturated heterocycles. The van der Waals surface area contributed by atoms with Crippen molar-refractivity contribution >= 4 is 17.3 Å². The molecule has 0 aliphatic carbocycles. The number of fused-ring (bicyclic) bond motifs is 1. The Kier molecular flexibility index (Phi) is 2.88. The minimum absolute atomic E-state index is 0.411. The van der Waals surface area contributed by atoms with Gasteiger partial charge in [-0.05, 0) is 19.1 Å². The first-order chi connectivity index (χ1) is 10.7. The summed E-state index contributed by atoms with van der Waals surface area (Å²) in [5.41, 5.74) is 1.71. The third kappa shape index (κ3) is 2.03. The molecule has 8 heteroatoms. The van der Waals surface area contributed by atoms with Gasteiger partial charge in [-0.1, -0.05) is 0 Å². The molecule has 8 nitrogen and oxygen atoms in total. The van der Waals surface area contributed by atoms with E-state index in [0.29, 0.717) is 6.04 Å². The summed E-state index contributed by atoms with van der Waals surface area (Å²) in [5, 5.41) is 12.3. The van der Waals surface area contributed by atoms with E-state index < -0.39 is 0 Å². The molecule has 0 spiro atoms. The first-order valence-corrected chi connectivity index (χ1v) is 7.15. The van der Waals surface area contributed by atoms with Gasteiger partial charge in [-0.15, -0.1) is 15.3 Å². The smallest absolute Gasteiger partial charge is 0.177 e. The van der Waals surface area contributed by atoms with Gasteiger partial charge >= 0.3 is 0 Å². The maximum absolute atomic E-state index is 4.51. The van der Waals surface area contributed by atoms with Crippen LogP contribution in [0, 0.1) is 6.92 Å². The molecule has 1 fully saturated rings. The second kappa shape index (κ2) is 4.90. The molecule has 0 N–H and O–H groups in total. The van der Waals surface area contributed by atoms with Crippen LogP contribution in [0.25, 0.3) is 5.65 Å². The molecule has 22 heavy (non-hydrogen) atoms. The van der Waals surface area contributed by atoms with E-state index in [2.05, 4.69) is 42.1 Å². The maximum atomic E-state index is 4.51. The van der Waals surface area contributed by atoms with Crippen LogP contribution in [0.2, 0.25) is 0 Å². The van der Waals surface area contributed by atoms with E-state index in [-0.39, 0.29) is 0 Å². The van der Waals surface area contributed by atoms with Crippen molar-refractivity contribution in [2.24, 2.45) is 0 Å². The number of aromatic nitrogens is 6. The second-order valence-corrected chi connectivity index (χ2v) is 5.46. The standard InChI is InChI=1S/C14H16N8/c1-10-14(16-6-5-15-10)20(2)11-7-21(8-11)13-4-3-12-18-17-9-22(12)19-13/h3-6,9,11H,7-8H2,1-2H3. The Morgan fingerprint density at radius 2 is 2.00 bits per heavy atom. The molecular weight excluding hydrogens is 280 g/mol. The van der Waals surface area contributed by atoms with Crippen molar-refractivity contribution in [1.29, 1.82) is 0 Å². The fourth-order valence-electron chi connectivity index (χ4n) is 2.69. The lowest BCUT2D eigenvalue weighted by atomic mass is 10.1. The molecule has 0 amide bonds. The zero-order valence-electron chi connectivity index (χ0n) is 12.5. The molecule has 4 rings (SSSR count). The van der Waals surface area contributed by atoms with Crippen molar-refractivity contribution in [3.63, 3.8) is 0 Å². The minimum Gasteiger partial charge on any atom is -0.352 e. The van der Waals surface area contributed by atoms with Crippen LogP contribution in [0.4, 0.5) is 11.6 Å². The number of hydrogen-bond donors (Lipinski definition) is 0. The Balaban J connectivity index is 1.48. The Labute approximate surface area is 127 Å². The topological polar surface area (TPSA) is 75.3 Å². The average Bonchev–Trinajstić information content (AvgIpc) is 2.93. The molecule has 3 aromatic rings. The van der Waals surface area contributed by atoms with Crippen LogP contribution < -0.4 is 9.80 Å². The van der Waals surface area contributed by atoms with Gasteiger partial charge in [0.2, 0.25) is 0 Å². The third-order valence-electron chi connectivity index (χ3n) is 4.07. The second-order valence-electron chi connectivity index (χ2n) is 5.46. The van der Waals surface area contributed by atoms with Crippen molar-refractivity contribution in [3.8, 4) is 0 Å². The van der Waals surface area contributed by atoms with Gasteiger partial charge in [-0.25, -0.2) is 4.98 Å². The number of anilines is 2. The molecule has 0 bridgehead atoms. The monoisotopic (exact) mass is 296 g/mol. The summed E-state index contributed by atoms with van der Waals surface area (Å²) in [5.74, 6) is 1.88. The fourth-order valence-corrected chi connectivity index (χ4v) is 2.69. The molecule has 0 atom stereocenters. The van der Waals surface area contributed by atoms with E-state index in [1.165, 1.54) is 0 Å². The quantitative estimate of drug-likeness (QED) is 0.698. The first-order valence-electron chi connectivity index (χ1n) is 7.15. The van der Waals surface area contributed by atoms with Gasteiger partial charge in [0, 0.05) is 32.5 Å². The van der Waals surface area contributed by atoms with Crippen molar-refractivity contribution in [1.82, 2.24) is 29.8 Å². The number of hydrogen-bond acceptors (Lipinski definition) is 7. The van der Waals surface area contributed by atoms with Crippen molar-refractivity contribution in [2.75, 3.05) is 29.9 Å². The maximum Gasteiger partial charge on any atom is 0.177 e. The van der Waals surface area contributed by atoms with Gasteiger partial charge in [-0.3, -0.25) is 4.98 Å². The number of rotatable bonds is 3. The summed E-state index contributed by atoms with van der Waals surface area (Å²) in [6.45, 7) is 3.80. The molecule has 4 heterocycles. The highest BCUT2D eigenvalue weighted by Crippen LogP contribution is 2.24. The minimum atomic E-state index is 0.411. The number of likely N-dealkylation sites (N-methyl/N-ethyl adjacent to an activating group) is 1. The van der Waals surface area contributed by atoms with Crippen LogP contribution in [0.3, 0.4) is 0 Å². The Morgan fingerprint density at radius 1 is 1.18 bits per heavy atom. The summed E-state index contributed by atoms with van der Waals surface area (Å²) in [6.07, 6.45) is 5.07. The van der Waals surface area contributed by atoms with E-state index in [9.17, 15) is 0 Å². The van der Waals surface area contributed by atoms with Gasteiger partial charge < -0.3 is 9.80 Å². The fraction of sp³-hybridized carbons (Fsp3) is 0.357. The SMILES string of the molecule is Cc1nccnc1N(C)C1CN(c2ccc3nncn3n2)C1. The van der Waals surface area contributed by atoms with Crippen LogP contribution in [0.1, 0.15) is 5.69 Å². The molecule has 0 aromatic carbocycles. The lowest BCUT2D eigenvalue weighted by molar-refractivity contribution is 0.486. The summed E-state index contributed by atoms with van der Waals surface area (Å²) in [7, 11) is 2.06. The zero-order chi connectivity index (χ0) is 15.1. The predicted molar refractivity (Wildman–Crippen MR) is 82.0 cm³/mol. The zero-order valence-corrected chi connectivity index (χ0v) is 12.5. The Hall–Kier alpha value is -2.77. The van der Waals surface area contributed by atoms with Crippen LogP contribution in [-0.2, 0) is 0 Å². The van der Waals surface area contributed by atoms with Crippen LogP contribution >= 0.6 is 0 Å². The normalized spacial score (nSPS) is 15.1. The summed E-state index contributed by atoms with van der Waals surface area (Å²) < 4.78 is 1.69. The van der Waals surface area contributed by atoms with E-state index in [1.807, 2.05) is 19.1 Å². The van der Waals surface area contributed by atoms with E-state index in [4.69, 9.17) is 0 Å². The summed E-state index contributed by atoms with van der Waals surface area (Å²) in [4.78, 5) is 13.1. The van der Waals surface area contributed by atoms with Crippen LogP contribution in [0.15, 0.2) is 30.9 Å². The summed E-state index contributed by atoms with van der Waals surface area (Å²) >= 11 is 0. The Bertz CT molecular complexity index is 807. The first kappa shape index (κ1) is 12.9. The van der Waals surface area contributed by atoms with Crippen molar-refractivity contribution in [3.05, 3.63) is 36.5 Å².